The molecule has 3 rings (SSSR count). The van der Waals surface area contributed by atoms with Crippen LogP contribution in [0, 0.1) is 0 Å². The lowest BCUT2D eigenvalue weighted by Crippen LogP contribution is -2.37. The number of nitrogens with one attached hydrogen (secondary N) is 1. The Hall–Kier alpha value is -2.09. The Balaban J connectivity index is 1.88. The molecule has 0 aliphatic heterocycles. The number of rotatable bonds is 2. The van der Waals surface area contributed by atoms with Crippen LogP contribution < -0.4 is 11.1 Å². The van der Waals surface area contributed by atoms with Crippen molar-refractivity contribution in [2.75, 3.05) is 5.32 Å². The van der Waals surface area contributed by atoms with E-state index in [2.05, 4.69) is 14.7 Å². The van der Waals surface area contributed by atoms with Crippen LogP contribution in [0.2, 0.25) is 0 Å². The molecule has 3 N–H and O–H groups in total. The van der Waals surface area contributed by atoms with E-state index >= 15 is 0 Å². The van der Waals surface area contributed by atoms with Gasteiger partial charge in [-0.1, -0.05) is 0 Å². The second-order valence-corrected chi connectivity index (χ2v) is 4.81. The summed E-state index contributed by atoms with van der Waals surface area (Å²) in [6.45, 7) is 0. The van der Waals surface area contributed by atoms with E-state index in [0.29, 0.717) is 18.5 Å². The van der Waals surface area contributed by atoms with Crippen molar-refractivity contribution in [3.63, 3.8) is 0 Å². The average molecular weight is 285 g/mol. The third-order valence-electron chi connectivity index (χ3n) is 3.13. The number of hydrogen-bond acceptors (Lipinski definition) is 4. The summed E-state index contributed by atoms with van der Waals surface area (Å²) in [7, 11) is 0. The van der Waals surface area contributed by atoms with Crippen molar-refractivity contribution >= 4 is 22.7 Å². The number of amides is 1. The number of oxazole rings is 1. The van der Waals surface area contributed by atoms with Crippen molar-refractivity contribution in [3.05, 3.63) is 24.1 Å². The van der Waals surface area contributed by atoms with Gasteiger partial charge in [-0.25, -0.2) is 4.98 Å². The molecular weight excluding hydrogens is 275 g/mol. The number of nitrogens with two attached hydrogens (primary N) is 1. The van der Waals surface area contributed by atoms with Gasteiger partial charge in [0, 0.05) is 5.69 Å². The Bertz CT molecular complexity index is 689. The average Bonchev–Trinajstić information content (AvgIpc) is 2.96. The normalized spacial score (nSPS) is 17.2. The number of benzene rings is 1. The molecule has 1 fully saturated rings. The molecule has 2 aromatic rings. The molecule has 0 spiro atoms. The first-order valence-corrected chi connectivity index (χ1v) is 5.86. The Labute approximate surface area is 110 Å². The van der Waals surface area contributed by atoms with Crippen molar-refractivity contribution < 1.29 is 22.4 Å². The third kappa shape index (κ3) is 2.22. The molecule has 1 amide bonds. The highest BCUT2D eigenvalue weighted by molar-refractivity contribution is 6.00. The van der Waals surface area contributed by atoms with E-state index < -0.39 is 17.6 Å². The van der Waals surface area contributed by atoms with Gasteiger partial charge in [0.25, 0.3) is 0 Å². The van der Waals surface area contributed by atoms with Gasteiger partial charge in [-0.15, -0.1) is 0 Å². The van der Waals surface area contributed by atoms with Gasteiger partial charge in [-0.05, 0) is 31.0 Å². The van der Waals surface area contributed by atoms with Crippen LogP contribution in [0.1, 0.15) is 18.7 Å². The smallest absolute Gasteiger partial charge is 0.433 e. The van der Waals surface area contributed by atoms with Gasteiger partial charge in [0.05, 0.1) is 5.54 Å². The highest BCUT2D eigenvalue weighted by Gasteiger charge is 2.46. The molecule has 1 aliphatic carbocycles. The van der Waals surface area contributed by atoms with Crippen LogP contribution in [0.5, 0.6) is 0 Å². The van der Waals surface area contributed by atoms with Crippen molar-refractivity contribution in [2.45, 2.75) is 24.6 Å². The molecular formula is C12H10F3N3O2. The molecule has 0 radical (unpaired) electrons. The molecule has 106 valence electrons. The molecule has 1 aromatic carbocycles. The van der Waals surface area contributed by atoms with Crippen molar-refractivity contribution in [1.82, 2.24) is 4.98 Å². The highest BCUT2D eigenvalue weighted by Crippen LogP contribution is 2.34. The van der Waals surface area contributed by atoms with E-state index in [9.17, 15) is 18.0 Å². The first-order chi connectivity index (χ1) is 9.28. The topological polar surface area (TPSA) is 81.2 Å². The fourth-order valence-corrected chi connectivity index (χ4v) is 1.74. The predicted molar refractivity (Wildman–Crippen MR) is 63.8 cm³/mol. The SMILES string of the molecule is NC1(C(=O)Nc2ccc3oc(C(F)(F)F)nc3c2)CC1. The minimum atomic E-state index is -4.64. The van der Waals surface area contributed by atoms with E-state index in [1.54, 1.807) is 0 Å². The van der Waals surface area contributed by atoms with E-state index in [4.69, 9.17) is 5.73 Å². The minimum absolute atomic E-state index is 0.00390. The van der Waals surface area contributed by atoms with Crippen molar-refractivity contribution in [2.24, 2.45) is 5.73 Å². The molecule has 20 heavy (non-hydrogen) atoms. The molecule has 1 aromatic heterocycles. The summed E-state index contributed by atoms with van der Waals surface area (Å²) in [6.07, 6.45) is -3.44. The molecule has 1 heterocycles. The first-order valence-electron chi connectivity index (χ1n) is 5.86. The largest absolute Gasteiger partial charge is 0.468 e. The monoisotopic (exact) mass is 285 g/mol. The molecule has 0 saturated heterocycles. The van der Waals surface area contributed by atoms with Crippen molar-refractivity contribution in [1.29, 1.82) is 0 Å². The quantitative estimate of drug-likeness (QED) is 0.887. The summed E-state index contributed by atoms with van der Waals surface area (Å²) in [5.41, 5.74) is 5.23. The van der Waals surface area contributed by atoms with Gasteiger partial charge in [0.2, 0.25) is 5.91 Å². The number of aromatic nitrogens is 1. The molecule has 8 heteroatoms. The number of carbonyl (C=O) groups is 1. The third-order valence-corrected chi connectivity index (χ3v) is 3.13. The number of anilines is 1. The van der Waals surface area contributed by atoms with Crippen LogP contribution in [0.25, 0.3) is 11.1 Å². The van der Waals surface area contributed by atoms with Crippen LogP contribution in [-0.4, -0.2) is 16.4 Å². The maximum atomic E-state index is 12.5. The van der Waals surface area contributed by atoms with Gasteiger partial charge in [0.15, 0.2) is 5.58 Å². The Morgan fingerprint density at radius 2 is 2.10 bits per heavy atom. The highest BCUT2D eigenvalue weighted by atomic mass is 19.4. The fourth-order valence-electron chi connectivity index (χ4n) is 1.74. The van der Waals surface area contributed by atoms with Crippen molar-refractivity contribution in [3.8, 4) is 0 Å². The maximum absolute atomic E-state index is 12.5. The lowest BCUT2D eigenvalue weighted by Gasteiger charge is -2.09. The number of halogens is 3. The number of alkyl halides is 3. The van der Waals surface area contributed by atoms with Gasteiger partial charge in [-0.2, -0.15) is 13.2 Å². The van der Waals surface area contributed by atoms with Crippen LogP contribution in [0.4, 0.5) is 18.9 Å². The van der Waals surface area contributed by atoms with Gasteiger partial charge >= 0.3 is 12.1 Å². The molecule has 0 bridgehead atoms. The summed E-state index contributed by atoms with van der Waals surface area (Å²) in [6, 6.07) is 4.08. The van der Waals surface area contributed by atoms with E-state index in [-0.39, 0.29) is 17.0 Å². The second-order valence-electron chi connectivity index (χ2n) is 4.81. The molecule has 1 saturated carbocycles. The number of hydrogen-bond donors (Lipinski definition) is 2. The van der Waals surface area contributed by atoms with E-state index in [1.165, 1.54) is 18.2 Å². The van der Waals surface area contributed by atoms with E-state index in [1.807, 2.05) is 0 Å². The molecule has 0 atom stereocenters. The van der Waals surface area contributed by atoms with Crippen LogP contribution >= 0.6 is 0 Å². The second kappa shape index (κ2) is 3.95. The summed E-state index contributed by atoms with van der Waals surface area (Å²) in [4.78, 5) is 15.1. The summed E-state index contributed by atoms with van der Waals surface area (Å²) in [5, 5.41) is 2.56. The zero-order valence-electron chi connectivity index (χ0n) is 10.1. The minimum Gasteiger partial charge on any atom is -0.433 e. The summed E-state index contributed by atoms with van der Waals surface area (Å²) >= 11 is 0. The lowest BCUT2D eigenvalue weighted by molar-refractivity contribution is -0.156. The molecule has 5 nitrogen and oxygen atoms in total. The van der Waals surface area contributed by atoms with Crippen LogP contribution in [0.15, 0.2) is 22.6 Å². The molecule has 0 unspecified atom stereocenters. The number of nitrogens with zero attached hydrogens (tertiary/aromatic N) is 1. The zero-order chi connectivity index (χ0) is 14.5. The lowest BCUT2D eigenvalue weighted by atomic mass is 10.2. The first kappa shape index (κ1) is 12.9. The van der Waals surface area contributed by atoms with Gasteiger partial charge in [-0.3, -0.25) is 4.79 Å². The zero-order valence-corrected chi connectivity index (χ0v) is 10.1. The van der Waals surface area contributed by atoms with Gasteiger partial charge in [0.1, 0.15) is 5.52 Å². The fraction of sp³-hybridized carbons (Fsp3) is 0.333. The Kier molecular flexibility index (Phi) is 2.55. The summed E-state index contributed by atoms with van der Waals surface area (Å²) < 4.78 is 42.0. The maximum Gasteiger partial charge on any atom is 0.468 e. The van der Waals surface area contributed by atoms with E-state index in [0.717, 1.165) is 0 Å². The predicted octanol–water partition coefficient (Wildman–Crippen LogP) is 2.28. The van der Waals surface area contributed by atoms with Crippen LogP contribution in [-0.2, 0) is 11.0 Å². The standard InChI is InChI=1S/C12H10F3N3O2/c13-12(14,15)10-18-7-5-6(1-2-8(7)20-10)17-9(19)11(16)3-4-11/h1-2,5H,3-4,16H2,(H,17,19). The molecule has 1 aliphatic rings. The Morgan fingerprint density at radius 1 is 1.40 bits per heavy atom. The summed E-state index contributed by atoms with van der Waals surface area (Å²) in [5.74, 6) is -1.66. The van der Waals surface area contributed by atoms with Crippen LogP contribution in [0.3, 0.4) is 0 Å². The number of fused-ring (bicyclic) bond motifs is 1. The number of carbonyl (C=O) groups excluding carboxylic acids is 1. The Morgan fingerprint density at radius 3 is 2.70 bits per heavy atom. The van der Waals surface area contributed by atoms with Gasteiger partial charge < -0.3 is 15.5 Å².